The molecular weight excluding hydrogens is 379 g/mol. The second-order valence-corrected chi connectivity index (χ2v) is 7.46. The van der Waals surface area contributed by atoms with Gasteiger partial charge in [-0.25, -0.2) is 0 Å². The van der Waals surface area contributed by atoms with Gasteiger partial charge < -0.3 is 9.88 Å². The van der Waals surface area contributed by atoms with Gasteiger partial charge in [-0.1, -0.05) is 11.6 Å². The van der Waals surface area contributed by atoms with Gasteiger partial charge >= 0.3 is 6.18 Å². The van der Waals surface area contributed by atoms with Crippen LogP contribution in [0.4, 0.5) is 18.9 Å². The minimum atomic E-state index is -4.67. The second kappa shape index (κ2) is 6.66. The Morgan fingerprint density at radius 3 is 2.55 bits per heavy atom. The van der Waals surface area contributed by atoms with Gasteiger partial charge in [-0.15, -0.1) is 0 Å². The van der Waals surface area contributed by atoms with Crippen LogP contribution in [-0.4, -0.2) is 10.5 Å². The molecule has 2 aromatic carbocycles. The molecule has 1 N–H and O–H groups in total. The predicted octanol–water partition coefficient (Wildman–Crippen LogP) is 5.36. The summed E-state index contributed by atoms with van der Waals surface area (Å²) < 4.78 is 41.6. The first kappa shape index (κ1) is 19.1. The normalized spacial score (nSPS) is 15.6. The smallest absolute Gasteiger partial charge is 0.332 e. The van der Waals surface area contributed by atoms with Crippen molar-refractivity contribution in [2.45, 2.75) is 37.9 Å². The molecule has 1 fully saturated rings. The van der Waals surface area contributed by atoms with Crippen LogP contribution in [0.2, 0.25) is 0 Å². The summed E-state index contributed by atoms with van der Waals surface area (Å²) in [7, 11) is 0. The molecule has 29 heavy (non-hydrogen) atoms. The monoisotopic (exact) mass is 397 g/mol. The number of hydrogen-bond donors (Lipinski definition) is 1. The summed E-state index contributed by atoms with van der Waals surface area (Å²) in [4.78, 5) is 13.2. The summed E-state index contributed by atoms with van der Waals surface area (Å²) in [6, 6.07) is 12.7. The Labute approximate surface area is 165 Å². The van der Waals surface area contributed by atoms with Crippen molar-refractivity contribution in [1.82, 2.24) is 4.57 Å². The number of rotatable bonds is 3. The minimum absolute atomic E-state index is 0.0277. The van der Waals surface area contributed by atoms with Crippen molar-refractivity contribution >= 4 is 22.5 Å². The number of hydrogen-bond acceptors (Lipinski definition) is 2. The standard InChI is InChI=1S/C22H18F3N3O/c1-14-3-6-19-15(11-14)7-10-28(19)21(8-2-9-21)20(29)27-17-5-4-16(13-26)18(12-17)22(23,24)25/h3-7,10-12H,2,8-9H2,1H3,(H,27,29). The molecule has 1 aliphatic carbocycles. The van der Waals surface area contributed by atoms with Crippen molar-refractivity contribution in [3.05, 3.63) is 65.4 Å². The topological polar surface area (TPSA) is 57.8 Å². The number of nitriles is 1. The maximum absolute atomic E-state index is 13.2. The fourth-order valence-electron chi connectivity index (χ4n) is 3.93. The molecule has 0 spiro atoms. The first-order valence-corrected chi connectivity index (χ1v) is 9.26. The number of amides is 1. The number of nitrogens with zero attached hydrogens (tertiary/aromatic N) is 2. The number of alkyl halides is 3. The van der Waals surface area contributed by atoms with E-state index in [9.17, 15) is 18.0 Å². The lowest BCUT2D eigenvalue weighted by Gasteiger charge is -2.42. The molecule has 0 unspecified atom stereocenters. The molecule has 7 heteroatoms. The Hall–Kier alpha value is -3.27. The van der Waals surface area contributed by atoms with E-state index in [2.05, 4.69) is 5.32 Å². The number of halogens is 3. The number of fused-ring (bicyclic) bond motifs is 1. The van der Waals surface area contributed by atoms with E-state index in [1.807, 2.05) is 42.0 Å². The molecule has 1 amide bonds. The third kappa shape index (κ3) is 3.15. The molecule has 4 nitrogen and oxygen atoms in total. The number of carbonyl (C=O) groups excluding carboxylic acids is 1. The van der Waals surface area contributed by atoms with Crippen molar-refractivity contribution in [2.24, 2.45) is 0 Å². The summed E-state index contributed by atoms with van der Waals surface area (Å²) in [5, 5.41) is 12.6. The number of benzene rings is 2. The van der Waals surface area contributed by atoms with Crippen LogP contribution in [0.15, 0.2) is 48.7 Å². The molecular formula is C22H18F3N3O. The van der Waals surface area contributed by atoms with E-state index >= 15 is 0 Å². The average Bonchev–Trinajstić information content (AvgIpc) is 3.03. The van der Waals surface area contributed by atoms with E-state index in [1.54, 1.807) is 6.07 Å². The summed E-state index contributed by atoms with van der Waals surface area (Å²) in [6.45, 7) is 1.99. The Balaban J connectivity index is 1.69. The van der Waals surface area contributed by atoms with Crippen molar-refractivity contribution in [2.75, 3.05) is 5.32 Å². The molecule has 0 aliphatic heterocycles. The van der Waals surface area contributed by atoms with Gasteiger partial charge in [0.05, 0.1) is 17.2 Å². The Bertz CT molecular complexity index is 1150. The Kier molecular flexibility index (Phi) is 4.38. The molecule has 3 aromatic rings. The van der Waals surface area contributed by atoms with Crippen LogP contribution >= 0.6 is 0 Å². The Morgan fingerprint density at radius 1 is 1.17 bits per heavy atom. The van der Waals surface area contributed by atoms with E-state index in [0.29, 0.717) is 12.8 Å². The highest BCUT2D eigenvalue weighted by Gasteiger charge is 2.46. The van der Waals surface area contributed by atoms with Crippen LogP contribution in [0.1, 0.15) is 36.0 Å². The average molecular weight is 397 g/mol. The van der Waals surface area contributed by atoms with Gasteiger partial charge in [0.25, 0.3) is 5.91 Å². The first-order valence-electron chi connectivity index (χ1n) is 9.26. The number of carbonyl (C=O) groups is 1. The molecule has 1 saturated carbocycles. The number of anilines is 1. The lowest BCUT2D eigenvalue weighted by Crippen LogP contribution is -2.50. The summed E-state index contributed by atoms with van der Waals surface area (Å²) in [5.74, 6) is -0.348. The van der Waals surface area contributed by atoms with Gasteiger partial charge in [-0.05, 0) is 68.0 Å². The second-order valence-electron chi connectivity index (χ2n) is 7.46. The zero-order valence-corrected chi connectivity index (χ0v) is 15.7. The van der Waals surface area contributed by atoms with Crippen molar-refractivity contribution in [1.29, 1.82) is 5.26 Å². The van der Waals surface area contributed by atoms with E-state index in [-0.39, 0.29) is 11.6 Å². The van der Waals surface area contributed by atoms with E-state index < -0.39 is 22.8 Å². The van der Waals surface area contributed by atoms with Crippen molar-refractivity contribution < 1.29 is 18.0 Å². The van der Waals surface area contributed by atoms with Gasteiger partial charge in [0, 0.05) is 17.4 Å². The summed E-state index contributed by atoms with van der Waals surface area (Å²) in [6.07, 6.45) is -0.727. The lowest BCUT2D eigenvalue weighted by molar-refractivity contribution is -0.137. The highest BCUT2D eigenvalue weighted by molar-refractivity contribution is 5.99. The molecule has 1 aromatic heterocycles. The molecule has 0 radical (unpaired) electrons. The van der Waals surface area contributed by atoms with Gasteiger partial charge in [0.15, 0.2) is 0 Å². The Morgan fingerprint density at radius 2 is 1.93 bits per heavy atom. The summed E-state index contributed by atoms with van der Waals surface area (Å²) in [5.41, 5.74) is -0.299. The maximum Gasteiger partial charge on any atom is 0.417 e. The molecule has 4 rings (SSSR count). The molecule has 148 valence electrons. The SMILES string of the molecule is Cc1ccc2c(ccn2C2(C(=O)Nc3ccc(C#N)c(C(F)(F)F)c3)CCC2)c1. The van der Waals surface area contributed by atoms with Crippen LogP contribution in [-0.2, 0) is 16.5 Å². The van der Waals surface area contributed by atoms with Crippen LogP contribution in [0.3, 0.4) is 0 Å². The molecule has 0 bridgehead atoms. The number of aromatic nitrogens is 1. The zero-order chi connectivity index (χ0) is 20.8. The fourth-order valence-corrected chi connectivity index (χ4v) is 3.93. The number of nitrogens with one attached hydrogen (secondary N) is 1. The van der Waals surface area contributed by atoms with Crippen LogP contribution in [0.5, 0.6) is 0 Å². The van der Waals surface area contributed by atoms with Crippen LogP contribution < -0.4 is 5.32 Å². The lowest BCUT2D eigenvalue weighted by atomic mass is 9.75. The molecule has 0 saturated heterocycles. The summed E-state index contributed by atoms with van der Waals surface area (Å²) >= 11 is 0. The van der Waals surface area contributed by atoms with E-state index in [4.69, 9.17) is 5.26 Å². The highest BCUT2D eigenvalue weighted by atomic mass is 19.4. The van der Waals surface area contributed by atoms with Crippen LogP contribution in [0, 0.1) is 18.3 Å². The first-order chi connectivity index (χ1) is 13.7. The van der Waals surface area contributed by atoms with Gasteiger partial charge in [0.1, 0.15) is 5.54 Å². The van der Waals surface area contributed by atoms with Crippen molar-refractivity contribution in [3.8, 4) is 6.07 Å². The fraction of sp³-hybridized carbons (Fsp3) is 0.273. The largest absolute Gasteiger partial charge is 0.417 e. The maximum atomic E-state index is 13.2. The van der Waals surface area contributed by atoms with Crippen LogP contribution in [0.25, 0.3) is 10.9 Å². The molecule has 1 aliphatic rings. The third-order valence-corrected chi connectivity index (χ3v) is 5.61. The predicted molar refractivity (Wildman–Crippen MR) is 103 cm³/mol. The number of aryl methyl sites for hydroxylation is 1. The quantitative estimate of drug-likeness (QED) is 0.647. The minimum Gasteiger partial charge on any atom is -0.332 e. The van der Waals surface area contributed by atoms with Crippen molar-refractivity contribution in [3.63, 3.8) is 0 Å². The highest BCUT2D eigenvalue weighted by Crippen LogP contribution is 2.43. The van der Waals surface area contributed by atoms with Gasteiger partial charge in [-0.3, -0.25) is 4.79 Å². The molecule has 0 atom stereocenters. The van der Waals surface area contributed by atoms with E-state index in [0.717, 1.165) is 35.0 Å². The van der Waals surface area contributed by atoms with Gasteiger partial charge in [0.2, 0.25) is 0 Å². The molecule has 1 heterocycles. The third-order valence-electron chi connectivity index (χ3n) is 5.61. The van der Waals surface area contributed by atoms with E-state index in [1.165, 1.54) is 6.07 Å². The van der Waals surface area contributed by atoms with Gasteiger partial charge in [-0.2, -0.15) is 18.4 Å². The zero-order valence-electron chi connectivity index (χ0n) is 15.7.